The molecule has 0 bridgehead atoms. The number of halogens is 4. The number of nitrogens with zero attached hydrogens (tertiary/aromatic N) is 3. The molecular weight excluding hydrogens is 606 g/mol. The van der Waals surface area contributed by atoms with Gasteiger partial charge in [0.1, 0.15) is 11.6 Å². The van der Waals surface area contributed by atoms with Gasteiger partial charge >= 0.3 is 6.18 Å². The van der Waals surface area contributed by atoms with Gasteiger partial charge < -0.3 is 24.0 Å². The number of likely N-dealkylation sites (N-methyl/N-ethyl adjacent to an activating group) is 1. The number of hydrogen-bond donors (Lipinski definition) is 0. The largest absolute Gasteiger partial charge is 0.495 e. The molecule has 238 valence electrons. The Bertz CT molecular complexity index is 1610. The fourth-order valence-corrected chi connectivity index (χ4v) is 6.15. The number of hydrogen-bond acceptors (Lipinski definition) is 7. The van der Waals surface area contributed by atoms with Crippen LogP contribution < -0.4 is 19.1 Å². The van der Waals surface area contributed by atoms with Crippen LogP contribution in [0.4, 0.5) is 23.2 Å². The van der Waals surface area contributed by atoms with Gasteiger partial charge in [-0.05, 0) is 60.5 Å². The van der Waals surface area contributed by atoms with E-state index in [1.165, 1.54) is 55.8 Å². The van der Waals surface area contributed by atoms with Gasteiger partial charge in [0.05, 0.1) is 43.0 Å². The number of carbonyl (C=O) groups is 1. The van der Waals surface area contributed by atoms with Crippen molar-refractivity contribution in [1.82, 2.24) is 9.21 Å². The standard InChI is InChI=1S/C30H33F4N3O6S/c1-35(12-11-20-5-9-27(42-3)28(17-20)43-4)44(39,40)22-7-10-26(41-2)25(19-22)36-13-15-37(16-14-36)29(38)23-8-6-21(31)18-24(23)30(32,33)34/h5-10,17-19H,11-16H2,1-4H3. The van der Waals surface area contributed by atoms with Crippen LogP contribution in [-0.4, -0.2) is 84.6 Å². The molecule has 0 radical (unpaired) electrons. The van der Waals surface area contributed by atoms with Crippen molar-refractivity contribution in [2.75, 3.05) is 66.0 Å². The monoisotopic (exact) mass is 639 g/mol. The first-order valence-electron chi connectivity index (χ1n) is 13.6. The van der Waals surface area contributed by atoms with Gasteiger partial charge in [0.2, 0.25) is 10.0 Å². The minimum atomic E-state index is -4.90. The summed E-state index contributed by atoms with van der Waals surface area (Å²) in [5.74, 6) is -0.455. The predicted octanol–water partition coefficient (Wildman–Crippen LogP) is 4.70. The third-order valence-corrected chi connectivity index (χ3v) is 9.30. The van der Waals surface area contributed by atoms with E-state index in [4.69, 9.17) is 14.2 Å². The van der Waals surface area contributed by atoms with Gasteiger partial charge in [-0.25, -0.2) is 17.1 Å². The van der Waals surface area contributed by atoms with Crippen LogP contribution in [0.1, 0.15) is 21.5 Å². The number of carbonyl (C=O) groups excluding carboxylic acids is 1. The highest BCUT2D eigenvalue weighted by molar-refractivity contribution is 7.89. The van der Waals surface area contributed by atoms with Crippen LogP contribution in [-0.2, 0) is 22.6 Å². The maximum atomic E-state index is 13.5. The fraction of sp³-hybridized carbons (Fsp3) is 0.367. The number of ether oxygens (including phenoxy) is 3. The van der Waals surface area contributed by atoms with Gasteiger partial charge in [-0.15, -0.1) is 0 Å². The number of anilines is 1. The molecule has 9 nitrogen and oxygen atoms in total. The Kier molecular flexibility index (Phi) is 9.94. The first-order chi connectivity index (χ1) is 20.8. The lowest BCUT2D eigenvalue weighted by Crippen LogP contribution is -2.49. The van der Waals surface area contributed by atoms with Crippen LogP contribution in [0, 0.1) is 5.82 Å². The minimum absolute atomic E-state index is 0.0303. The molecule has 3 aromatic rings. The minimum Gasteiger partial charge on any atom is -0.495 e. The zero-order valence-electron chi connectivity index (χ0n) is 24.7. The Morgan fingerprint density at radius 2 is 1.50 bits per heavy atom. The lowest BCUT2D eigenvalue weighted by molar-refractivity contribution is -0.138. The molecule has 44 heavy (non-hydrogen) atoms. The van der Waals surface area contributed by atoms with E-state index >= 15 is 0 Å². The van der Waals surface area contributed by atoms with E-state index in [1.54, 1.807) is 17.0 Å². The summed E-state index contributed by atoms with van der Waals surface area (Å²) in [5.41, 5.74) is -0.642. The zero-order chi connectivity index (χ0) is 32.2. The molecule has 14 heteroatoms. The van der Waals surface area contributed by atoms with Gasteiger partial charge in [-0.1, -0.05) is 6.07 Å². The van der Waals surface area contributed by atoms with Gasteiger partial charge in [0.25, 0.3) is 5.91 Å². The molecule has 1 saturated heterocycles. The molecule has 1 fully saturated rings. The molecule has 0 saturated carbocycles. The van der Waals surface area contributed by atoms with Gasteiger partial charge in [0, 0.05) is 39.8 Å². The second kappa shape index (κ2) is 13.3. The number of amides is 1. The van der Waals surface area contributed by atoms with Crippen molar-refractivity contribution in [2.24, 2.45) is 0 Å². The molecule has 1 amide bonds. The third kappa shape index (κ3) is 7.02. The predicted molar refractivity (Wildman–Crippen MR) is 156 cm³/mol. The highest BCUT2D eigenvalue weighted by atomic mass is 32.2. The normalized spacial score (nSPS) is 14.1. The highest BCUT2D eigenvalue weighted by Crippen LogP contribution is 2.35. The summed E-state index contributed by atoms with van der Waals surface area (Å²) in [5, 5.41) is 0. The average molecular weight is 640 g/mol. The quantitative estimate of drug-likeness (QED) is 0.298. The Morgan fingerprint density at radius 1 is 0.864 bits per heavy atom. The SMILES string of the molecule is COc1ccc(CCN(C)S(=O)(=O)c2ccc(OC)c(N3CCN(C(=O)c4ccc(F)cc4C(F)(F)F)CC3)c2)cc1OC. The first kappa shape index (κ1) is 32.9. The highest BCUT2D eigenvalue weighted by Gasteiger charge is 2.37. The van der Waals surface area contributed by atoms with E-state index in [2.05, 4.69) is 0 Å². The zero-order valence-corrected chi connectivity index (χ0v) is 25.5. The molecule has 1 heterocycles. The smallest absolute Gasteiger partial charge is 0.417 e. The fourth-order valence-electron chi connectivity index (χ4n) is 4.96. The van der Waals surface area contributed by atoms with Crippen molar-refractivity contribution in [3.8, 4) is 17.2 Å². The Balaban J connectivity index is 1.48. The number of alkyl halides is 3. The van der Waals surface area contributed by atoms with Gasteiger partial charge in [0.15, 0.2) is 11.5 Å². The Labute approximate surface area is 253 Å². The molecule has 0 unspecified atom stereocenters. The molecule has 0 spiro atoms. The molecule has 0 aromatic heterocycles. The molecule has 3 aromatic carbocycles. The Morgan fingerprint density at radius 3 is 2.11 bits per heavy atom. The topological polar surface area (TPSA) is 88.6 Å². The molecule has 0 atom stereocenters. The van der Waals surface area contributed by atoms with Crippen molar-refractivity contribution < 1.29 is 45.0 Å². The number of benzene rings is 3. The lowest BCUT2D eigenvalue weighted by atomic mass is 10.0. The maximum absolute atomic E-state index is 13.5. The summed E-state index contributed by atoms with van der Waals surface area (Å²) < 4.78 is 98.3. The van der Waals surface area contributed by atoms with Crippen LogP contribution in [0.15, 0.2) is 59.5 Å². The summed E-state index contributed by atoms with van der Waals surface area (Å²) in [6.07, 6.45) is -4.48. The van der Waals surface area contributed by atoms with E-state index in [0.29, 0.717) is 35.4 Å². The molecule has 1 aliphatic heterocycles. The van der Waals surface area contributed by atoms with E-state index in [1.807, 2.05) is 6.07 Å². The van der Waals surface area contributed by atoms with Gasteiger partial charge in [-0.2, -0.15) is 13.2 Å². The number of rotatable bonds is 10. The lowest BCUT2D eigenvalue weighted by Gasteiger charge is -2.37. The first-order valence-corrected chi connectivity index (χ1v) is 15.0. The summed E-state index contributed by atoms with van der Waals surface area (Å²) in [7, 11) is 2.06. The average Bonchev–Trinajstić information content (AvgIpc) is 3.02. The van der Waals surface area contributed by atoms with Crippen molar-refractivity contribution in [1.29, 1.82) is 0 Å². The second-order valence-electron chi connectivity index (χ2n) is 10.1. The van der Waals surface area contributed by atoms with E-state index in [0.717, 1.165) is 17.7 Å². The summed E-state index contributed by atoms with van der Waals surface area (Å²) >= 11 is 0. The summed E-state index contributed by atoms with van der Waals surface area (Å²) in [6, 6.07) is 11.8. The molecule has 0 N–H and O–H groups in total. The second-order valence-corrected chi connectivity index (χ2v) is 12.1. The van der Waals surface area contributed by atoms with Crippen LogP contribution in [0.5, 0.6) is 17.2 Å². The van der Waals surface area contributed by atoms with Crippen molar-refractivity contribution in [2.45, 2.75) is 17.5 Å². The number of methoxy groups -OCH3 is 3. The van der Waals surface area contributed by atoms with Gasteiger partial charge in [-0.3, -0.25) is 4.79 Å². The summed E-state index contributed by atoms with van der Waals surface area (Å²) in [4.78, 5) is 16.1. The van der Waals surface area contributed by atoms with E-state index in [-0.39, 0.29) is 37.6 Å². The van der Waals surface area contributed by atoms with Crippen molar-refractivity contribution in [3.05, 3.63) is 77.1 Å². The number of sulfonamides is 1. The third-order valence-electron chi connectivity index (χ3n) is 7.45. The summed E-state index contributed by atoms with van der Waals surface area (Å²) in [6.45, 7) is 0.688. The van der Waals surface area contributed by atoms with Crippen LogP contribution in [0.2, 0.25) is 0 Å². The number of piperazine rings is 1. The molecule has 0 aliphatic carbocycles. The van der Waals surface area contributed by atoms with E-state index < -0.39 is 39.1 Å². The maximum Gasteiger partial charge on any atom is 0.417 e. The molecular formula is C30H33F4N3O6S. The molecule has 4 rings (SSSR count). The van der Waals surface area contributed by atoms with Crippen LogP contribution in [0.3, 0.4) is 0 Å². The molecule has 1 aliphatic rings. The van der Waals surface area contributed by atoms with Crippen molar-refractivity contribution in [3.63, 3.8) is 0 Å². The van der Waals surface area contributed by atoms with Crippen LogP contribution in [0.25, 0.3) is 0 Å². The van der Waals surface area contributed by atoms with Crippen molar-refractivity contribution >= 4 is 21.6 Å². The van der Waals surface area contributed by atoms with E-state index in [9.17, 15) is 30.8 Å². The van der Waals surface area contributed by atoms with Crippen LogP contribution >= 0.6 is 0 Å². The Hall–Kier alpha value is -4.04.